The number of fused-ring (bicyclic) bond motifs is 12. The van der Waals surface area contributed by atoms with E-state index in [2.05, 4.69) is 79.7 Å². The first-order valence-corrected chi connectivity index (χ1v) is 18.2. The summed E-state index contributed by atoms with van der Waals surface area (Å²) in [5, 5.41) is 7.79. The molecule has 0 radical (unpaired) electrons. The van der Waals surface area contributed by atoms with E-state index in [0.29, 0.717) is 0 Å². The number of para-hydroxylation sites is 4. The minimum atomic E-state index is -0.442. The van der Waals surface area contributed by atoms with Crippen molar-refractivity contribution < 1.29 is 13.7 Å². The van der Waals surface area contributed by atoms with Crippen LogP contribution in [0.25, 0.3) is 98.8 Å². The number of aryl methyl sites for hydroxylation is 1. The number of aromatic nitrogens is 2. The molecule has 13 rings (SSSR count). The standard InChI is InChI=1S/C51H31BN2/c1-30-26-37-49-45-31(28-43-47(49)35-20-8-10-24-41(35)53(43)33-16-4-2-5-17-33)14-12-22-39(45)52-40-23-13-15-32-29-44-48(50(46(32)40)38(27-30)51(37)52)36-21-9-11-25-42(36)54(44)34-18-6-3-7-19-34/h2-29H,1H3/i2D,3D,4D,5D,6D,7D,16D,17D,18D,19D. The van der Waals surface area contributed by atoms with Gasteiger partial charge in [-0.25, -0.2) is 0 Å². The van der Waals surface area contributed by atoms with Crippen LogP contribution in [0.5, 0.6) is 0 Å². The second kappa shape index (κ2) is 10.2. The molecular weight excluding hydrogens is 651 g/mol. The third kappa shape index (κ3) is 3.48. The van der Waals surface area contributed by atoms with E-state index in [4.69, 9.17) is 13.7 Å². The molecule has 11 aromatic rings. The van der Waals surface area contributed by atoms with Crippen LogP contribution in [0, 0.1) is 6.92 Å². The fourth-order valence-corrected chi connectivity index (χ4v) is 10.1. The van der Waals surface area contributed by atoms with E-state index in [1.165, 1.54) is 0 Å². The number of hydrogen-bond acceptors (Lipinski definition) is 0. The molecule has 0 fully saturated rings. The van der Waals surface area contributed by atoms with Gasteiger partial charge in [-0.15, -0.1) is 0 Å². The quantitative estimate of drug-likeness (QED) is 0.160. The van der Waals surface area contributed by atoms with E-state index in [1.54, 1.807) is 0 Å². The molecule has 0 amide bonds. The summed E-state index contributed by atoms with van der Waals surface area (Å²) >= 11 is 0. The molecule has 2 aromatic heterocycles. The zero-order valence-corrected chi connectivity index (χ0v) is 28.9. The Kier molecular flexibility index (Phi) is 3.96. The van der Waals surface area contributed by atoms with E-state index in [9.17, 15) is 0 Å². The van der Waals surface area contributed by atoms with Crippen molar-refractivity contribution in [2.24, 2.45) is 0 Å². The first-order valence-electron chi connectivity index (χ1n) is 23.2. The molecule has 0 atom stereocenters. The number of nitrogens with zero attached hydrogens (tertiary/aromatic N) is 2. The zero-order valence-electron chi connectivity index (χ0n) is 38.9. The van der Waals surface area contributed by atoms with Gasteiger partial charge in [0.2, 0.25) is 6.71 Å². The van der Waals surface area contributed by atoms with Crippen LogP contribution in [0.2, 0.25) is 0 Å². The van der Waals surface area contributed by atoms with Gasteiger partial charge in [0.15, 0.2) is 0 Å². The largest absolute Gasteiger partial charge is 0.309 e. The molecule has 2 nitrogen and oxygen atoms in total. The summed E-state index contributed by atoms with van der Waals surface area (Å²) < 4.78 is 91.5. The Morgan fingerprint density at radius 3 is 1.41 bits per heavy atom. The Hall–Kier alpha value is -6.84. The van der Waals surface area contributed by atoms with Crippen LogP contribution in [0.4, 0.5) is 0 Å². The monoisotopic (exact) mass is 692 g/mol. The molecule has 0 unspecified atom stereocenters. The minimum absolute atomic E-state index is 0.0957. The molecule has 0 bridgehead atoms. The van der Waals surface area contributed by atoms with Gasteiger partial charge in [-0.3, -0.25) is 0 Å². The first-order chi connectivity index (χ1) is 30.9. The maximum Gasteiger partial charge on any atom is 0.244 e. The molecule has 4 heterocycles. The number of hydrogen-bond donors (Lipinski definition) is 0. The topological polar surface area (TPSA) is 9.86 Å². The number of benzene rings is 9. The summed E-state index contributed by atoms with van der Waals surface area (Å²) in [5.74, 6) is 0. The Balaban J connectivity index is 1.22. The van der Waals surface area contributed by atoms with Gasteiger partial charge in [0.1, 0.15) is 0 Å². The molecule has 9 aromatic carbocycles. The van der Waals surface area contributed by atoms with Gasteiger partial charge in [0, 0.05) is 32.9 Å². The van der Waals surface area contributed by atoms with Crippen LogP contribution in [0.1, 0.15) is 19.3 Å². The van der Waals surface area contributed by atoms with Gasteiger partial charge < -0.3 is 9.13 Å². The molecule has 3 heteroatoms. The van der Waals surface area contributed by atoms with Crippen molar-refractivity contribution in [2.75, 3.05) is 0 Å². The lowest BCUT2D eigenvalue weighted by Gasteiger charge is -2.35. The highest BCUT2D eigenvalue weighted by molar-refractivity contribution is 7.01. The highest BCUT2D eigenvalue weighted by Crippen LogP contribution is 2.49. The molecule has 0 spiro atoms. The van der Waals surface area contributed by atoms with E-state index in [0.717, 1.165) is 109 Å². The van der Waals surface area contributed by atoms with Crippen molar-refractivity contribution in [2.45, 2.75) is 6.92 Å². The van der Waals surface area contributed by atoms with Crippen molar-refractivity contribution in [3.05, 3.63) is 175 Å². The molecule has 248 valence electrons. The Morgan fingerprint density at radius 1 is 0.463 bits per heavy atom. The third-order valence-electron chi connectivity index (χ3n) is 11.9. The average molecular weight is 693 g/mol. The van der Waals surface area contributed by atoms with Crippen molar-refractivity contribution in [3.63, 3.8) is 0 Å². The maximum absolute atomic E-state index is 9.12. The smallest absolute Gasteiger partial charge is 0.244 e. The lowest BCUT2D eigenvalue weighted by Crippen LogP contribution is -2.57. The summed E-state index contributed by atoms with van der Waals surface area (Å²) in [5.41, 5.74) is 11.7. The molecule has 0 saturated carbocycles. The Labute approximate surface area is 326 Å². The summed E-state index contributed by atoms with van der Waals surface area (Å²) in [7, 11) is 0. The van der Waals surface area contributed by atoms with E-state index >= 15 is 0 Å². The van der Waals surface area contributed by atoms with Gasteiger partial charge >= 0.3 is 0 Å². The molecule has 0 saturated heterocycles. The van der Waals surface area contributed by atoms with Crippen LogP contribution in [-0.2, 0) is 0 Å². The van der Waals surface area contributed by atoms with E-state index in [1.807, 2.05) is 45.5 Å². The van der Waals surface area contributed by atoms with E-state index in [-0.39, 0.29) is 42.3 Å². The minimum Gasteiger partial charge on any atom is -0.309 e. The second-order valence-corrected chi connectivity index (χ2v) is 14.5. The summed E-state index contributed by atoms with van der Waals surface area (Å²) in [6, 6.07) is 33.7. The number of rotatable bonds is 2. The molecule has 2 aliphatic rings. The van der Waals surface area contributed by atoms with Crippen LogP contribution in [-0.4, -0.2) is 15.8 Å². The Bertz CT molecular complexity index is 3740. The van der Waals surface area contributed by atoms with E-state index < -0.39 is 36.3 Å². The van der Waals surface area contributed by atoms with Crippen molar-refractivity contribution in [1.29, 1.82) is 0 Å². The highest BCUT2D eigenvalue weighted by Gasteiger charge is 2.40. The second-order valence-electron chi connectivity index (χ2n) is 14.5. The fraction of sp³-hybridized carbons (Fsp3) is 0.0196. The summed E-state index contributed by atoms with van der Waals surface area (Å²) in [6.07, 6.45) is 0. The average Bonchev–Trinajstić information content (AvgIpc) is 3.80. The van der Waals surface area contributed by atoms with Crippen molar-refractivity contribution >= 4 is 88.3 Å². The molecular formula is C51H31BN2. The maximum atomic E-state index is 9.12. The van der Waals surface area contributed by atoms with Crippen molar-refractivity contribution in [3.8, 4) is 33.6 Å². The van der Waals surface area contributed by atoms with Crippen LogP contribution >= 0.6 is 0 Å². The SMILES string of the molecule is [2H]c1c([2H])c([2H])c(-n2c3ccccc3c3c4c5c(cccc5cc32)B2c3c-4cc(C)cc3-c3c4c2cccc4cc2c3c3ccccc3n2-c2c([2H])c([2H])c([2H])c([2H])c2[2H])c([2H])c1[2H]. The lowest BCUT2D eigenvalue weighted by molar-refractivity contribution is 1.18. The normalized spacial score (nSPS) is 15.5. The molecule has 0 aliphatic carbocycles. The molecule has 2 aliphatic heterocycles. The fourth-order valence-electron chi connectivity index (χ4n) is 10.1. The molecule has 0 N–H and O–H groups in total. The van der Waals surface area contributed by atoms with Gasteiger partial charge in [0.05, 0.1) is 35.8 Å². The zero-order chi connectivity index (χ0) is 43.9. The van der Waals surface area contributed by atoms with Gasteiger partial charge in [0.25, 0.3) is 0 Å². The van der Waals surface area contributed by atoms with Crippen molar-refractivity contribution in [1.82, 2.24) is 9.13 Å². The predicted octanol–water partition coefficient (Wildman–Crippen LogP) is 11.0. The van der Waals surface area contributed by atoms with Gasteiger partial charge in [-0.05, 0) is 105 Å². The Morgan fingerprint density at radius 2 is 0.926 bits per heavy atom. The van der Waals surface area contributed by atoms with Crippen LogP contribution in [0.3, 0.4) is 0 Å². The van der Waals surface area contributed by atoms with Crippen LogP contribution in [0.15, 0.2) is 170 Å². The van der Waals surface area contributed by atoms with Gasteiger partial charge in [-0.2, -0.15) is 0 Å². The summed E-state index contributed by atoms with van der Waals surface area (Å²) in [4.78, 5) is 0. The van der Waals surface area contributed by atoms with Gasteiger partial charge in [-0.1, -0.05) is 138 Å². The predicted molar refractivity (Wildman–Crippen MR) is 230 cm³/mol. The van der Waals surface area contributed by atoms with Crippen LogP contribution < -0.4 is 16.4 Å². The summed E-state index contributed by atoms with van der Waals surface area (Å²) in [6.45, 7) is 1.95. The first kappa shape index (κ1) is 21.0. The third-order valence-corrected chi connectivity index (χ3v) is 11.9. The lowest BCUT2D eigenvalue weighted by atomic mass is 9.31. The highest BCUT2D eigenvalue weighted by atomic mass is 15.0. The molecule has 54 heavy (non-hydrogen) atoms.